The molecule has 3 rings (SSSR count). The molecule has 0 saturated carbocycles. The molecule has 130 valence electrons. The predicted molar refractivity (Wildman–Crippen MR) is 91.3 cm³/mol. The summed E-state index contributed by atoms with van der Waals surface area (Å²) < 4.78 is 21.3. The van der Waals surface area contributed by atoms with Crippen molar-refractivity contribution >= 4 is 5.69 Å². The molecule has 1 aliphatic heterocycles. The van der Waals surface area contributed by atoms with E-state index in [4.69, 9.17) is 18.6 Å². The second-order valence-corrected chi connectivity index (χ2v) is 5.44. The molecule has 0 radical (unpaired) electrons. The number of nitrogens with zero attached hydrogens (tertiary/aromatic N) is 2. The van der Waals surface area contributed by atoms with Crippen LogP contribution in [0, 0.1) is 11.3 Å². The summed E-state index contributed by atoms with van der Waals surface area (Å²) in [6, 6.07) is 8.87. The predicted octanol–water partition coefficient (Wildman–Crippen LogP) is 2.03. The van der Waals surface area contributed by atoms with E-state index in [9.17, 15) is 10.1 Å². The van der Waals surface area contributed by atoms with Gasteiger partial charge in [-0.25, -0.2) is 4.79 Å². The average Bonchev–Trinajstić information content (AvgIpc) is 2.67. The van der Waals surface area contributed by atoms with Gasteiger partial charge in [0.1, 0.15) is 23.3 Å². The van der Waals surface area contributed by atoms with Gasteiger partial charge in [0, 0.05) is 25.2 Å². The molecular formula is C18H18N2O5. The van der Waals surface area contributed by atoms with E-state index in [1.807, 2.05) is 11.0 Å². The van der Waals surface area contributed by atoms with Gasteiger partial charge in [0.2, 0.25) is 0 Å². The highest BCUT2D eigenvalue weighted by molar-refractivity contribution is 5.72. The maximum atomic E-state index is 12.3. The van der Waals surface area contributed by atoms with Gasteiger partial charge in [0.15, 0.2) is 5.56 Å². The monoisotopic (exact) mass is 342 g/mol. The van der Waals surface area contributed by atoms with E-state index in [1.165, 1.54) is 7.11 Å². The smallest absolute Gasteiger partial charge is 0.356 e. The summed E-state index contributed by atoms with van der Waals surface area (Å²) >= 11 is 0. The number of hydrogen-bond acceptors (Lipinski definition) is 7. The van der Waals surface area contributed by atoms with Crippen LogP contribution in [0.2, 0.25) is 0 Å². The minimum atomic E-state index is -0.667. The first-order valence-electron chi connectivity index (χ1n) is 7.81. The van der Waals surface area contributed by atoms with E-state index in [2.05, 4.69) is 0 Å². The molecule has 0 amide bonds. The summed E-state index contributed by atoms with van der Waals surface area (Å²) in [5, 5.41) is 9.35. The van der Waals surface area contributed by atoms with E-state index in [0.717, 1.165) is 0 Å². The molecule has 1 aromatic heterocycles. The van der Waals surface area contributed by atoms with Crippen molar-refractivity contribution < 1.29 is 18.6 Å². The van der Waals surface area contributed by atoms with E-state index in [0.29, 0.717) is 54.8 Å². The summed E-state index contributed by atoms with van der Waals surface area (Å²) in [5.41, 5.74) is 0.492. The Kier molecular flexibility index (Phi) is 4.91. The van der Waals surface area contributed by atoms with Gasteiger partial charge >= 0.3 is 5.63 Å². The van der Waals surface area contributed by atoms with Gasteiger partial charge in [-0.05, 0) is 12.1 Å². The number of benzene rings is 1. The Morgan fingerprint density at radius 3 is 2.56 bits per heavy atom. The number of anilines is 1. The molecule has 1 fully saturated rings. The molecule has 0 N–H and O–H groups in total. The fourth-order valence-electron chi connectivity index (χ4n) is 2.77. The lowest BCUT2D eigenvalue weighted by molar-refractivity contribution is 0.122. The third-order valence-corrected chi connectivity index (χ3v) is 4.07. The SMILES string of the molecule is COc1ccc(-c2cc(N3CCOCC3)c(C#N)c(=O)o2)c(OC)c1. The van der Waals surface area contributed by atoms with Gasteiger partial charge in [0.05, 0.1) is 38.7 Å². The van der Waals surface area contributed by atoms with Crippen LogP contribution in [0.4, 0.5) is 5.69 Å². The van der Waals surface area contributed by atoms with Gasteiger partial charge in [-0.15, -0.1) is 0 Å². The second-order valence-electron chi connectivity index (χ2n) is 5.44. The topological polar surface area (TPSA) is 84.9 Å². The lowest BCUT2D eigenvalue weighted by Crippen LogP contribution is -2.37. The lowest BCUT2D eigenvalue weighted by Gasteiger charge is -2.29. The van der Waals surface area contributed by atoms with Crippen molar-refractivity contribution in [1.29, 1.82) is 5.26 Å². The van der Waals surface area contributed by atoms with Crippen molar-refractivity contribution in [2.45, 2.75) is 0 Å². The highest BCUT2D eigenvalue weighted by atomic mass is 16.5. The Labute approximate surface area is 144 Å². The quantitative estimate of drug-likeness (QED) is 0.840. The van der Waals surface area contributed by atoms with Crippen LogP contribution in [0.25, 0.3) is 11.3 Å². The highest BCUT2D eigenvalue weighted by Crippen LogP contribution is 2.35. The van der Waals surface area contributed by atoms with Gasteiger partial charge in [0.25, 0.3) is 0 Å². The summed E-state index contributed by atoms with van der Waals surface area (Å²) in [7, 11) is 3.09. The van der Waals surface area contributed by atoms with Crippen LogP contribution < -0.4 is 20.0 Å². The van der Waals surface area contributed by atoms with Gasteiger partial charge in [-0.1, -0.05) is 0 Å². The van der Waals surface area contributed by atoms with E-state index in [1.54, 1.807) is 31.4 Å². The molecule has 1 saturated heterocycles. The molecule has 1 aliphatic rings. The normalized spacial score (nSPS) is 14.0. The summed E-state index contributed by atoms with van der Waals surface area (Å²) in [6.45, 7) is 2.31. The van der Waals surface area contributed by atoms with Gasteiger partial charge < -0.3 is 23.5 Å². The standard InChI is InChI=1S/C18H18N2O5/c1-22-12-3-4-13(16(9-12)23-2)17-10-15(14(11-19)18(21)25-17)20-5-7-24-8-6-20/h3-4,9-10H,5-8H2,1-2H3. The molecule has 0 atom stereocenters. The molecule has 2 aromatic rings. The first-order valence-corrected chi connectivity index (χ1v) is 7.81. The number of hydrogen-bond donors (Lipinski definition) is 0. The molecule has 0 unspecified atom stereocenters. The van der Waals surface area contributed by atoms with Gasteiger partial charge in [-0.2, -0.15) is 5.26 Å². The molecule has 0 spiro atoms. The zero-order valence-corrected chi connectivity index (χ0v) is 14.1. The van der Waals surface area contributed by atoms with Crippen LogP contribution in [0.15, 0.2) is 33.5 Å². The third-order valence-electron chi connectivity index (χ3n) is 4.07. The fraction of sp³-hybridized carbons (Fsp3) is 0.333. The van der Waals surface area contributed by atoms with Crippen molar-refractivity contribution in [2.24, 2.45) is 0 Å². The molecular weight excluding hydrogens is 324 g/mol. The Morgan fingerprint density at radius 2 is 1.92 bits per heavy atom. The lowest BCUT2D eigenvalue weighted by atomic mass is 10.1. The number of rotatable bonds is 4. The van der Waals surface area contributed by atoms with Crippen molar-refractivity contribution in [3.8, 4) is 28.9 Å². The minimum Gasteiger partial charge on any atom is -0.497 e. The van der Waals surface area contributed by atoms with E-state index >= 15 is 0 Å². The van der Waals surface area contributed by atoms with Crippen LogP contribution in [-0.4, -0.2) is 40.5 Å². The molecule has 7 heteroatoms. The summed E-state index contributed by atoms with van der Waals surface area (Å²) in [4.78, 5) is 14.3. The second kappa shape index (κ2) is 7.28. The first kappa shape index (κ1) is 16.9. The fourth-order valence-corrected chi connectivity index (χ4v) is 2.77. The maximum absolute atomic E-state index is 12.3. The molecule has 2 heterocycles. The average molecular weight is 342 g/mol. The van der Waals surface area contributed by atoms with Crippen LogP contribution in [0.3, 0.4) is 0 Å². The number of methoxy groups -OCH3 is 2. The number of nitriles is 1. The van der Waals surface area contributed by atoms with Crippen LogP contribution in [0.1, 0.15) is 5.56 Å². The van der Waals surface area contributed by atoms with Crippen molar-refractivity contribution in [2.75, 3.05) is 45.4 Å². The van der Waals surface area contributed by atoms with Gasteiger partial charge in [-0.3, -0.25) is 0 Å². The molecule has 25 heavy (non-hydrogen) atoms. The first-order chi connectivity index (χ1) is 12.2. The number of ether oxygens (including phenoxy) is 3. The van der Waals surface area contributed by atoms with Crippen LogP contribution in [0.5, 0.6) is 11.5 Å². The zero-order chi connectivity index (χ0) is 17.8. The Hall–Kier alpha value is -2.98. The minimum absolute atomic E-state index is 0.00173. The largest absolute Gasteiger partial charge is 0.497 e. The van der Waals surface area contributed by atoms with Crippen molar-refractivity contribution in [1.82, 2.24) is 0 Å². The zero-order valence-electron chi connectivity index (χ0n) is 14.1. The third kappa shape index (κ3) is 3.30. The molecule has 0 aliphatic carbocycles. The molecule has 0 bridgehead atoms. The van der Waals surface area contributed by atoms with Crippen LogP contribution >= 0.6 is 0 Å². The Bertz CT molecular complexity index is 863. The molecule has 1 aromatic carbocycles. The Balaban J connectivity index is 2.13. The summed E-state index contributed by atoms with van der Waals surface area (Å²) in [5.74, 6) is 1.48. The summed E-state index contributed by atoms with van der Waals surface area (Å²) in [6.07, 6.45) is 0. The van der Waals surface area contributed by atoms with Crippen molar-refractivity contribution in [3.05, 3.63) is 40.2 Å². The maximum Gasteiger partial charge on any atom is 0.356 e. The van der Waals surface area contributed by atoms with Crippen LogP contribution in [-0.2, 0) is 4.74 Å². The Morgan fingerprint density at radius 1 is 1.16 bits per heavy atom. The van der Waals surface area contributed by atoms with E-state index < -0.39 is 5.63 Å². The number of morpholine rings is 1. The van der Waals surface area contributed by atoms with E-state index in [-0.39, 0.29) is 5.56 Å². The molecule has 7 nitrogen and oxygen atoms in total. The van der Waals surface area contributed by atoms with Crippen molar-refractivity contribution in [3.63, 3.8) is 0 Å². The highest BCUT2D eigenvalue weighted by Gasteiger charge is 2.21.